The molecule has 1 rings (SSSR count). The number of nitrogens with two attached hydrogens (primary N) is 1. The minimum Gasteiger partial charge on any atom is -0.290 e. The molecule has 0 aliphatic rings. The molecule has 0 aliphatic heterocycles. The van der Waals surface area contributed by atoms with E-state index in [9.17, 15) is 4.79 Å². The van der Waals surface area contributed by atoms with Gasteiger partial charge in [-0.05, 0) is 40.5 Å². The number of rotatable bonds is 1. The van der Waals surface area contributed by atoms with Crippen molar-refractivity contribution in [3.05, 3.63) is 32.8 Å². The van der Waals surface area contributed by atoms with Crippen molar-refractivity contribution in [1.29, 1.82) is 0 Å². The summed E-state index contributed by atoms with van der Waals surface area (Å²) >= 11 is 9.09. The third-order valence-corrected chi connectivity index (χ3v) is 2.69. The lowest BCUT2D eigenvalue weighted by Crippen LogP contribution is -2.30. The molecule has 70 valence electrons. The molecule has 0 bridgehead atoms. The SMILES string of the molecule is Cc1cc(Br)c(C(=O)NN)cc1Cl. The third kappa shape index (κ3) is 2.21. The smallest absolute Gasteiger partial charge is 0.266 e. The summed E-state index contributed by atoms with van der Waals surface area (Å²) in [5.74, 6) is 4.63. The van der Waals surface area contributed by atoms with Crippen LogP contribution in [-0.4, -0.2) is 5.91 Å². The number of hydrazine groups is 1. The number of aryl methyl sites for hydroxylation is 1. The molecule has 0 atom stereocenters. The zero-order valence-electron chi connectivity index (χ0n) is 6.90. The van der Waals surface area contributed by atoms with Crippen LogP contribution in [0, 0.1) is 6.92 Å². The van der Waals surface area contributed by atoms with E-state index in [1.165, 1.54) is 0 Å². The summed E-state index contributed by atoms with van der Waals surface area (Å²) in [4.78, 5) is 11.2. The van der Waals surface area contributed by atoms with E-state index < -0.39 is 0 Å². The van der Waals surface area contributed by atoms with Crippen LogP contribution in [0.1, 0.15) is 15.9 Å². The number of benzene rings is 1. The highest BCUT2D eigenvalue weighted by Crippen LogP contribution is 2.24. The Morgan fingerprint density at radius 2 is 2.23 bits per heavy atom. The van der Waals surface area contributed by atoms with Crippen molar-refractivity contribution in [2.45, 2.75) is 6.92 Å². The largest absolute Gasteiger partial charge is 0.290 e. The van der Waals surface area contributed by atoms with Crippen molar-refractivity contribution >= 4 is 33.4 Å². The van der Waals surface area contributed by atoms with Gasteiger partial charge in [0.05, 0.1) is 5.56 Å². The first-order valence-corrected chi connectivity index (χ1v) is 4.70. The minimum atomic E-state index is -0.367. The van der Waals surface area contributed by atoms with E-state index in [0.29, 0.717) is 15.1 Å². The van der Waals surface area contributed by atoms with Crippen molar-refractivity contribution in [2.75, 3.05) is 0 Å². The summed E-state index contributed by atoms with van der Waals surface area (Å²) in [6.07, 6.45) is 0. The zero-order valence-corrected chi connectivity index (χ0v) is 9.24. The fraction of sp³-hybridized carbons (Fsp3) is 0.125. The standard InChI is InChI=1S/C8H8BrClN2O/c1-4-2-6(9)5(3-7(4)10)8(13)12-11/h2-3H,11H2,1H3,(H,12,13). The quantitative estimate of drug-likeness (QED) is 0.463. The van der Waals surface area contributed by atoms with Crippen LogP contribution in [0.3, 0.4) is 0 Å². The third-order valence-electron chi connectivity index (χ3n) is 1.62. The molecule has 0 aliphatic carbocycles. The van der Waals surface area contributed by atoms with Gasteiger partial charge in [0, 0.05) is 9.50 Å². The van der Waals surface area contributed by atoms with Crippen molar-refractivity contribution in [3.63, 3.8) is 0 Å². The monoisotopic (exact) mass is 262 g/mol. The summed E-state index contributed by atoms with van der Waals surface area (Å²) in [6.45, 7) is 1.86. The van der Waals surface area contributed by atoms with Gasteiger partial charge in [0.25, 0.3) is 5.91 Å². The lowest BCUT2D eigenvalue weighted by atomic mass is 10.1. The molecule has 0 aromatic heterocycles. The number of hydrogen-bond acceptors (Lipinski definition) is 2. The van der Waals surface area contributed by atoms with E-state index in [1.54, 1.807) is 12.1 Å². The molecule has 3 N–H and O–H groups in total. The van der Waals surface area contributed by atoms with Crippen LogP contribution in [0.5, 0.6) is 0 Å². The number of amides is 1. The molecule has 0 saturated heterocycles. The van der Waals surface area contributed by atoms with Gasteiger partial charge in [0.1, 0.15) is 0 Å². The van der Waals surface area contributed by atoms with Crippen molar-refractivity contribution in [3.8, 4) is 0 Å². The molecule has 0 fully saturated rings. The van der Waals surface area contributed by atoms with Gasteiger partial charge in [-0.2, -0.15) is 0 Å². The topological polar surface area (TPSA) is 55.1 Å². The van der Waals surface area contributed by atoms with E-state index >= 15 is 0 Å². The van der Waals surface area contributed by atoms with Gasteiger partial charge < -0.3 is 0 Å². The van der Waals surface area contributed by atoms with Gasteiger partial charge in [-0.15, -0.1) is 0 Å². The molecule has 5 heteroatoms. The molecule has 0 radical (unpaired) electrons. The first kappa shape index (κ1) is 10.5. The highest BCUT2D eigenvalue weighted by atomic mass is 79.9. The number of carbonyl (C=O) groups excluding carboxylic acids is 1. The fourth-order valence-electron chi connectivity index (χ4n) is 0.898. The Morgan fingerprint density at radius 3 is 2.77 bits per heavy atom. The van der Waals surface area contributed by atoms with Crippen LogP contribution in [0.15, 0.2) is 16.6 Å². The Hall–Kier alpha value is -0.580. The second kappa shape index (κ2) is 4.09. The first-order chi connectivity index (χ1) is 6.06. The van der Waals surface area contributed by atoms with Crippen molar-refractivity contribution < 1.29 is 4.79 Å². The van der Waals surface area contributed by atoms with Crippen LogP contribution in [-0.2, 0) is 0 Å². The number of hydrogen-bond donors (Lipinski definition) is 2. The van der Waals surface area contributed by atoms with Gasteiger partial charge >= 0.3 is 0 Å². The highest BCUT2D eigenvalue weighted by Gasteiger charge is 2.10. The maximum Gasteiger partial charge on any atom is 0.266 e. The predicted octanol–water partition coefficient (Wildman–Crippen LogP) is 2.01. The molecule has 1 amide bonds. The normalized spacial score (nSPS) is 9.85. The van der Waals surface area contributed by atoms with Crippen molar-refractivity contribution in [1.82, 2.24) is 5.43 Å². The summed E-state index contributed by atoms with van der Waals surface area (Å²) in [5.41, 5.74) is 3.37. The summed E-state index contributed by atoms with van der Waals surface area (Å²) in [7, 11) is 0. The summed E-state index contributed by atoms with van der Waals surface area (Å²) in [6, 6.07) is 3.34. The Morgan fingerprint density at radius 1 is 1.62 bits per heavy atom. The van der Waals surface area contributed by atoms with Crippen LogP contribution >= 0.6 is 27.5 Å². The lowest BCUT2D eigenvalue weighted by molar-refractivity contribution is 0.0953. The van der Waals surface area contributed by atoms with Crippen LogP contribution in [0.25, 0.3) is 0 Å². The number of halogens is 2. The van der Waals surface area contributed by atoms with Crippen LogP contribution in [0.2, 0.25) is 5.02 Å². The number of nitrogen functional groups attached to an aromatic ring is 1. The first-order valence-electron chi connectivity index (χ1n) is 3.53. The second-order valence-electron chi connectivity index (χ2n) is 2.55. The Balaban J connectivity index is 3.23. The van der Waals surface area contributed by atoms with Crippen LogP contribution in [0.4, 0.5) is 0 Å². The predicted molar refractivity (Wildman–Crippen MR) is 55.5 cm³/mol. The molecule has 0 heterocycles. The molecule has 0 unspecified atom stereocenters. The second-order valence-corrected chi connectivity index (χ2v) is 3.82. The van der Waals surface area contributed by atoms with E-state index in [0.717, 1.165) is 5.56 Å². The Kier molecular flexibility index (Phi) is 3.30. The zero-order chi connectivity index (χ0) is 10.0. The molecule has 1 aromatic carbocycles. The lowest BCUT2D eigenvalue weighted by Gasteiger charge is -2.05. The molecule has 0 saturated carbocycles. The van der Waals surface area contributed by atoms with Crippen LogP contribution < -0.4 is 11.3 Å². The number of nitrogens with one attached hydrogen (secondary N) is 1. The molecule has 0 spiro atoms. The maximum absolute atomic E-state index is 11.2. The van der Waals surface area contributed by atoms with Gasteiger partial charge in [-0.3, -0.25) is 10.2 Å². The van der Waals surface area contributed by atoms with Gasteiger partial charge in [-0.1, -0.05) is 11.6 Å². The summed E-state index contributed by atoms with van der Waals surface area (Å²) < 4.78 is 0.678. The minimum absolute atomic E-state index is 0.367. The van der Waals surface area contributed by atoms with E-state index in [1.807, 2.05) is 12.3 Å². The molecular weight excluding hydrogens is 255 g/mol. The molecule has 3 nitrogen and oxygen atoms in total. The fourth-order valence-corrected chi connectivity index (χ4v) is 1.70. The summed E-state index contributed by atoms with van der Waals surface area (Å²) in [5, 5.41) is 0.543. The van der Waals surface area contributed by atoms with Crippen molar-refractivity contribution in [2.24, 2.45) is 5.84 Å². The van der Waals surface area contributed by atoms with E-state index in [2.05, 4.69) is 15.9 Å². The average Bonchev–Trinajstić information content (AvgIpc) is 2.10. The molecular formula is C8H8BrClN2O. The Bertz CT molecular complexity index is 354. The molecule has 1 aromatic rings. The maximum atomic E-state index is 11.2. The van der Waals surface area contributed by atoms with E-state index in [-0.39, 0.29) is 5.91 Å². The Labute approximate surface area is 89.4 Å². The van der Waals surface area contributed by atoms with E-state index in [4.69, 9.17) is 17.4 Å². The van der Waals surface area contributed by atoms with Gasteiger partial charge in [0.2, 0.25) is 0 Å². The van der Waals surface area contributed by atoms with Gasteiger partial charge in [0.15, 0.2) is 0 Å². The van der Waals surface area contributed by atoms with Gasteiger partial charge in [-0.25, -0.2) is 5.84 Å². The highest BCUT2D eigenvalue weighted by molar-refractivity contribution is 9.10. The number of carbonyl (C=O) groups is 1. The average molecular weight is 264 g/mol. The molecule has 13 heavy (non-hydrogen) atoms.